The van der Waals surface area contributed by atoms with Crippen LogP contribution < -0.4 is 5.32 Å². The number of rotatable bonds is 0. The van der Waals surface area contributed by atoms with Gasteiger partial charge in [-0.3, -0.25) is 5.32 Å². The fourth-order valence-corrected chi connectivity index (χ4v) is 3.64. The maximum atomic E-state index is 11.6. The van der Waals surface area contributed by atoms with E-state index >= 15 is 0 Å². The number of nitrogens with two attached hydrogens (primary N) is 1. The van der Waals surface area contributed by atoms with Gasteiger partial charge >= 0.3 is 5.91 Å². The van der Waals surface area contributed by atoms with Crippen molar-refractivity contribution in [2.24, 2.45) is 17.8 Å². The molecular formula is C10H16NO+. The second-order valence-electron chi connectivity index (χ2n) is 4.94. The Morgan fingerprint density at radius 2 is 1.67 bits per heavy atom. The van der Waals surface area contributed by atoms with Crippen molar-refractivity contribution in [3.8, 4) is 0 Å². The number of primary amides is 1. The highest BCUT2D eigenvalue weighted by Crippen LogP contribution is 2.43. The zero-order chi connectivity index (χ0) is 8.13. The minimum atomic E-state index is 0.432. The lowest BCUT2D eigenvalue weighted by Gasteiger charge is -2.35. The average molecular weight is 166 g/mol. The van der Waals surface area contributed by atoms with Crippen LogP contribution in [0.15, 0.2) is 0 Å². The standard InChI is InChI=1S/C10H15NO/c12-10-8-2-6-1-7(3-8)5-9(4-6)11-10/h6-9H,1-5H2,(H,11,12)/p+1. The molecule has 2 N–H and O–H groups in total. The molecule has 0 aromatic carbocycles. The molecule has 66 valence electrons. The third-order valence-electron chi connectivity index (χ3n) is 3.98. The van der Waals surface area contributed by atoms with Crippen molar-refractivity contribution >= 4 is 5.91 Å². The van der Waals surface area contributed by atoms with Crippen LogP contribution in [-0.2, 0) is 4.79 Å². The monoisotopic (exact) mass is 166 g/mol. The van der Waals surface area contributed by atoms with Crippen LogP contribution in [0.1, 0.15) is 32.1 Å². The van der Waals surface area contributed by atoms with Gasteiger partial charge in [-0.1, -0.05) is 0 Å². The smallest absolute Gasteiger partial charge is 0.281 e. The Labute approximate surface area is 72.7 Å². The molecule has 2 saturated heterocycles. The normalized spacial score (nSPS) is 51.2. The number of hydrogen-bond acceptors (Lipinski definition) is 1. The molecule has 4 fully saturated rings. The highest BCUT2D eigenvalue weighted by atomic mass is 16.2. The second-order valence-corrected chi connectivity index (χ2v) is 4.94. The molecule has 2 nitrogen and oxygen atoms in total. The van der Waals surface area contributed by atoms with Crippen molar-refractivity contribution < 1.29 is 10.1 Å². The Balaban J connectivity index is 1.95. The van der Waals surface area contributed by atoms with Crippen LogP contribution in [0.5, 0.6) is 0 Å². The molecule has 2 unspecified atom stereocenters. The van der Waals surface area contributed by atoms with E-state index in [4.69, 9.17) is 0 Å². The predicted octanol–water partition coefficient (Wildman–Crippen LogP) is 0.285. The lowest BCUT2D eigenvalue weighted by atomic mass is 9.68. The maximum Gasteiger partial charge on any atom is 0.313 e. The van der Waals surface area contributed by atoms with E-state index in [-0.39, 0.29) is 0 Å². The Kier molecular flexibility index (Phi) is 1.37. The molecule has 1 amide bonds. The van der Waals surface area contributed by atoms with Crippen LogP contribution in [-0.4, -0.2) is 11.9 Å². The van der Waals surface area contributed by atoms with Gasteiger partial charge in [0.05, 0.1) is 12.0 Å². The van der Waals surface area contributed by atoms with Crippen LogP contribution >= 0.6 is 0 Å². The van der Waals surface area contributed by atoms with E-state index in [1.165, 1.54) is 32.1 Å². The summed E-state index contributed by atoms with van der Waals surface area (Å²) in [5.41, 5.74) is 0. The van der Waals surface area contributed by atoms with Gasteiger partial charge in [0.2, 0.25) is 0 Å². The van der Waals surface area contributed by atoms with Crippen LogP contribution in [0.2, 0.25) is 0 Å². The third-order valence-corrected chi connectivity index (χ3v) is 3.98. The summed E-state index contributed by atoms with van der Waals surface area (Å²) >= 11 is 0. The Bertz CT molecular complexity index is 212. The molecular weight excluding hydrogens is 150 g/mol. The van der Waals surface area contributed by atoms with Gasteiger partial charge in [0.25, 0.3) is 0 Å². The Hall–Kier alpha value is -0.370. The molecule has 4 aliphatic rings. The fourth-order valence-electron chi connectivity index (χ4n) is 3.64. The first-order valence-corrected chi connectivity index (χ1v) is 5.20. The van der Waals surface area contributed by atoms with E-state index < -0.39 is 0 Å². The summed E-state index contributed by atoms with van der Waals surface area (Å²) in [6.07, 6.45) is 6.48. The molecule has 2 saturated carbocycles. The highest BCUT2D eigenvalue weighted by molar-refractivity contribution is 5.69. The quantitative estimate of drug-likeness (QED) is 0.551. The molecule has 2 aliphatic heterocycles. The van der Waals surface area contributed by atoms with Gasteiger partial charge in [0, 0.05) is 12.8 Å². The molecule has 0 spiro atoms. The first-order valence-electron chi connectivity index (χ1n) is 5.20. The molecule has 4 bridgehead atoms. The van der Waals surface area contributed by atoms with Crippen molar-refractivity contribution in [2.75, 3.05) is 0 Å². The molecule has 2 aliphatic carbocycles. The van der Waals surface area contributed by atoms with Gasteiger partial charge in [-0.25, -0.2) is 4.79 Å². The van der Waals surface area contributed by atoms with Crippen molar-refractivity contribution in [1.82, 2.24) is 0 Å². The van der Waals surface area contributed by atoms with Gasteiger partial charge in [-0.05, 0) is 31.1 Å². The first-order chi connectivity index (χ1) is 5.81. The topological polar surface area (TPSA) is 33.7 Å². The highest BCUT2D eigenvalue weighted by Gasteiger charge is 2.45. The predicted molar refractivity (Wildman–Crippen MR) is 44.3 cm³/mol. The summed E-state index contributed by atoms with van der Waals surface area (Å²) in [7, 11) is 0. The lowest BCUT2D eigenvalue weighted by Crippen LogP contribution is -2.93. The molecule has 0 radical (unpaired) electrons. The summed E-state index contributed by atoms with van der Waals surface area (Å²) in [6, 6.07) is 0.661. The minimum absolute atomic E-state index is 0.432. The van der Waals surface area contributed by atoms with Crippen molar-refractivity contribution in [3.63, 3.8) is 0 Å². The van der Waals surface area contributed by atoms with E-state index in [0.717, 1.165) is 11.8 Å². The van der Waals surface area contributed by atoms with E-state index in [1.54, 1.807) is 0 Å². The summed E-state index contributed by atoms with van der Waals surface area (Å²) in [5, 5.41) is 2.05. The lowest BCUT2D eigenvalue weighted by molar-refractivity contribution is -0.608. The molecule has 12 heavy (non-hydrogen) atoms. The fraction of sp³-hybridized carbons (Fsp3) is 0.900. The summed E-state index contributed by atoms with van der Waals surface area (Å²) in [6.45, 7) is 0. The zero-order valence-electron chi connectivity index (χ0n) is 7.33. The van der Waals surface area contributed by atoms with E-state index in [9.17, 15) is 4.79 Å². The molecule has 4 rings (SSSR count). The van der Waals surface area contributed by atoms with E-state index in [0.29, 0.717) is 17.9 Å². The number of hydrogen-bond donors (Lipinski definition) is 1. The maximum absolute atomic E-state index is 11.6. The number of quaternary nitrogens is 1. The molecule has 0 aromatic heterocycles. The van der Waals surface area contributed by atoms with Gasteiger partial charge in [0.1, 0.15) is 0 Å². The van der Waals surface area contributed by atoms with Crippen molar-refractivity contribution in [1.29, 1.82) is 0 Å². The van der Waals surface area contributed by atoms with Crippen LogP contribution in [0.25, 0.3) is 0 Å². The largest absolute Gasteiger partial charge is 0.313 e. The van der Waals surface area contributed by atoms with E-state index in [1.807, 2.05) is 5.32 Å². The van der Waals surface area contributed by atoms with Crippen LogP contribution in [0, 0.1) is 17.8 Å². The Morgan fingerprint density at radius 3 is 2.33 bits per heavy atom. The number of carbonyl (C=O) groups is 1. The molecule has 2 heteroatoms. The van der Waals surface area contributed by atoms with Gasteiger partial charge < -0.3 is 0 Å². The minimum Gasteiger partial charge on any atom is -0.281 e. The molecule has 2 heterocycles. The average Bonchev–Trinajstić information content (AvgIpc) is 2.16. The first kappa shape index (κ1) is 7.07. The number of carbonyl (C=O) groups excluding carboxylic acids is 1. The van der Waals surface area contributed by atoms with Gasteiger partial charge in [-0.2, -0.15) is 0 Å². The van der Waals surface area contributed by atoms with Crippen LogP contribution in [0.3, 0.4) is 0 Å². The molecule has 0 aromatic rings. The summed E-state index contributed by atoms with van der Waals surface area (Å²) in [5.74, 6) is 2.70. The van der Waals surface area contributed by atoms with Crippen LogP contribution in [0.4, 0.5) is 0 Å². The second kappa shape index (κ2) is 2.32. The molecule has 2 atom stereocenters. The SMILES string of the molecule is O=C1[NH2+]C2CC3CC(C2)CC1C3. The third kappa shape index (κ3) is 0.939. The van der Waals surface area contributed by atoms with E-state index in [2.05, 4.69) is 0 Å². The van der Waals surface area contributed by atoms with Crippen molar-refractivity contribution in [2.45, 2.75) is 38.1 Å². The van der Waals surface area contributed by atoms with Gasteiger partial charge in [-0.15, -0.1) is 0 Å². The number of fused-ring (bicyclic) bond motifs is 1. The summed E-state index contributed by atoms with van der Waals surface area (Å²) in [4.78, 5) is 11.6. The Morgan fingerprint density at radius 1 is 1.00 bits per heavy atom. The number of amides is 1. The van der Waals surface area contributed by atoms with Gasteiger partial charge in [0.15, 0.2) is 0 Å². The summed E-state index contributed by atoms with van der Waals surface area (Å²) < 4.78 is 0. The van der Waals surface area contributed by atoms with Crippen molar-refractivity contribution in [3.05, 3.63) is 0 Å². The zero-order valence-corrected chi connectivity index (χ0v) is 7.33.